The highest BCUT2D eigenvalue weighted by Gasteiger charge is 2.11. The van der Waals surface area contributed by atoms with Gasteiger partial charge in [-0.3, -0.25) is 0 Å². The monoisotopic (exact) mass is 263 g/mol. The quantitative estimate of drug-likeness (QED) is 0.905. The molecule has 0 aliphatic carbocycles. The van der Waals surface area contributed by atoms with E-state index in [-0.39, 0.29) is 17.5 Å². The van der Waals surface area contributed by atoms with Gasteiger partial charge in [0.05, 0.1) is 0 Å². The van der Waals surface area contributed by atoms with E-state index in [2.05, 4.69) is 0 Å². The molecule has 0 amide bonds. The number of aryl methyl sites for hydroxylation is 1. The van der Waals surface area contributed by atoms with Crippen molar-refractivity contribution >= 4 is 0 Å². The fourth-order valence-electron chi connectivity index (χ4n) is 1.70. The van der Waals surface area contributed by atoms with Crippen LogP contribution in [0.2, 0.25) is 0 Å². The molecular weight excluding hydrogens is 248 g/mol. The van der Waals surface area contributed by atoms with Crippen molar-refractivity contribution in [1.29, 1.82) is 0 Å². The fourth-order valence-corrected chi connectivity index (χ4v) is 1.70. The molecular formula is C15H15F2NO. The smallest absolute Gasteiger partial charge is 0.168 e. The van der Waals surface area contributed by atoms with Crippen LogP contribution in [0, 0.1) is 18.6 Å². The molecule has 0 aromatic heterocycles. The van der Waals surface area contributed by atoms with Crippen LogP contribution in [0.15, 0.2) is 36.4 Å². The SMILES string of the molecule is Cc1cccc(Oc2ccc([C@@H](C)N)cc2F)c1F. The molecule has 2 nitrogen and oxygen atoms in total. The highest BCUT2D eigenvalue weighted by atomic mass is 19.1. The summed E-state index contributed by atoms with van der Waals surface area (Å²) < 4.78 is 32.8. The van der Waals surface area contributed by atoms with Gasteiger partial charge in [0.2, 0.25) is 0 Å². The third-order valence-corrected chi connectivity index (χ3v) is 2.86. The number of ether oxygens (including phenoxy) is 1. The zero-order valence-corrected chi connectivity index (χ0v) is 10.8. The summed E-state index contributed by atoms with van der Waals surface area (Å²) in [6.45, 7) is 3.38. The lowest BCUT2D eigenvalue weighted by molar-refractivity contribution is 0.412. The van der Waals surface area contributed by atoms with Gasteiger partial charge in [0.1, 0.15) is 0 Å². The van der Waals surface area contributed by atoms with Gasteiger partial charge in [-0.05, 0) is 43.2 Å². The summed E-state index contributed by atoms with van der Waals surface area (Å²) in [7, 11) is 0. The van der Waals surface area contributed by atoms with E-state index < -0.39 is 11.6 Å². The van der Waals surface area contributed by atoms with Gasteiger partial charge in [-0.1, -0.05) is 18.2 Å². The first-order chi connectivity index (χ1) is 8.99. The first-order valence-corrected chi connectivity index (χ1v) is 5.97. The van der Waals surface area contributed by atoms with Crippen LogP contribution in [-0.2, 0) is 0 Å². The number of rotatable bonds is 3. The molecule has 0 aliphatic rings. The molecule has 0 unspecified atom stereocenters. The summed E-state index contributed by atoms with van der Waals surface area (Å²) in [5.41, 5.74) is 6.77. The molecule has 4 heteroatoms. The van der Waals surface area contributed by atoms with Crippen molar-refractivity contribution in [3.8, 4) is 11.5 Å². The van der Waals surface area contributed by atoms with Gasteiger partial charge >= 0.3 is 0 Å². The topological polar surface area (TPSA) is 35.2 Å². The molecule has 19 heavy (non-hydrogen) atoms. The molecule has 0 radical (unpaired) electrons. The van der Waals surface area contributed by atoms with Crippen molar-refractivity contribution in [2.75, 3.05) is 0 Å². The summed E-state index contributed by atoms with van der Waals surface area (Å²) in [5, 5.41) is 0. The Labute approximate surface area is 110 Å². The van der Waals surface area contributed by atoms with Gasteiger partial charge in [-0.2, -0.15) is 0 Å². The van der Waals surface area contributed by atoms with Crippen LogP contribution < -0.4 is 10.5 Å². The predicted octanol–water partition coefficient (Wildman–Crippen LogP) is 4.09. The van der Waals surface area contributed by atoms with Crippen LogP contribution in [0.4, 0.5) is 8.78 Å². The molecule has 0 aliphatic heterocycles. The third kappa shape index (κ3) is 2.90. The maximum Gasteiger partial charge on any atom is 0.168 e. The van der Waals surface area contributed by atoms with Gasteiger partial charge in [-0.15, -0.1) is 0 Å². The second-order valence-electron chi connectivity index (χ2n) is 4.47. The number of hydrogen-bond acceptors (Lipinski definition) is 2. The van der Waals surface area contributed by atoms with E-state index >= 15 is 0 Å². The Morgan fingerprint density at radius 2 is 1.84 bits per heavy atom. The lowest BCUT2D eigenvalue weighted by Crippen LogP contribution is -2.05. The Morgan fingerprint density at radius 1 is 1.11 bits per heavy atom. The lowest BCUT2D eigenvalue weighted by atomic mass is 10.1. The summed E-state index contributed by atoms with van der Waals surface area (Å²) in [4.78, 5) is 0. The van der Waals surface area contributed by atoms with Gasteiger partial charge in [-0.25, -0.2) is 8.78 Å². The van der Waals surface area contributed by atoms with Crippen molar-refractivity contribution in [2.45, 2.75) is 19.9 Å². The molecule has 100 valence electrons. The van der Waals surface area contributed by atoms with Crippen LogP contribution in [0.25, 0.3) is 0 Å². The molecule has 0 bridgehead atoms. The van der Waals surface area contributed by atoms with E-state index in [0.29, 0.717) is 11.1 Å². The summed E-state index contributed by atoms with van der Waals surface area (Å²) in [6, 6.07) is 8.89. The predicted molar refractivity (Wildman–Crippen MR) is 70.2 cm³/mol. The molecule has 2 aromatic rings. The highest BCUT2D eigenvalue weighted by molar-refractivity contribution is 5.37. The summed E-state index contributed by atoms with van der Waals surface area (Å²) >= 11 is 0. The van der Waals surface area contributed by atoms with E-state index in [1.54, 1.807) is 32.0 Å². The second kappa shape index (κ2) is 5.36. The largest absolute Gasteiger partial charge is 0.451 e. The number of nitrogens with two attached hydrogens (primary N) is 1. The Morgan fingerprint density at radius 3 is 2.47 bits per heavy atom. The molecule has 2 rings (SSSR count). The minimum Gasteiger partial charge on any atom is -0.451 e. The maximum absolute atomic E-state index is 13.8. The Hall–Kier alpha value is -1.94. The zero-order chi connectivity index (χ0) is 14.0. The van der Waals surface area contributed by atoms with Gasteiger partial charge in [0, 0.05) is 6.04 Å². The molecule has 2 N–H and O–H groups in total. The van der Waals surface area contributed by atoms with Crippen LogP contribution in [0.1, 0.15) is 24.1 Å². The molecule has 2 aromatic carbocycles. The Bertz CT molecular complexity index is 597. The molecule has 0 saturated carbocycles. The van der Waals surface area contributed by atoms with E-state index in [1.165, 1.54) is 18.2 Å². The fraction of sp³-hybridized carbons (Fsp3) is 0.200. The van der Waals surface area contributed by atoms with Crippen LogP contribution in [0.3, 0.4) is 0 Å². The van der Waals surface area contributed by atoms with E-state index in [1.807, 2.05) is 0 Å². The standard InChI is InChI=1S/C15H15F2NO/c1-9-4-3-5-14(15(9)17)19-13-7-6-11(10(2)18)8-12(13)16/h3-8,10H,18H2,1-2H3/t10-/m1/s1. The average molecular weight is 263 g/mol. The first kappa shape index (κ1) is 13.5. The minimum atomic E-state index is -0.560. The summed E-state index contributed by atoms with van der Waals surface area (Å²) in [6.07, 6.45) is 0. The zero-order valence-electron chi connectivity index (χ0n) is 10.8. The third-order valence-electron chi connectivity index (χ3n) is 2.86. The van der Waals surface area contributed by atoms with Crippen molar-refractivity contribution in [3.05, 3.63) is 59.2 Å². The van der Waals surface area contributed by atoms with Crippen LogP contribution in [0.5, 0.6) is 11.5 Å². The van der Waals surface area contributed by atoms with Crippen molar-refractivity contribution in [2.24, 2.45) is 5.73 Å². The normalized spacial score (nSPS) is 12.3. The van der Waals surface area contributed by atoms with Crippen molar-refractivity contribution in [3.63, 3.8) is 0 Å². The number of hydrogen-bond donors (Lipinski definition) is 1. The van der Waals surface area contributed by atoms with E-state index in [0.717, 1.165) is 0 Å². The number of halogens is 2. The molecule has 0 spiro atoms. The Kier molecular flexibility index (Phi) is 3.81. The highest BCUT2D eigenvalue weighted by Crippen LogP contribution is 2.29. The average Bonchev–Trinajstić information content (AvgIpc) is 2.37. The summed E-state index contributed by atoms with van der Waals surface area (Å²) in [5.74, 6) is -1.06. The maximum atomic E-state index is 13.8. The van der Waals surface area contributed by atoms with Gasteiger partial charge in [0.15, 0.2) is 23.1 Å². The molecule has 0 heterocycles. The first-order valence-electron chi connectivity index (χ1n) is 5.97. The lowest BCUT2D eigenvalue weighted by Gasteiger charge is -2.11. The van der Waals surface area contributed by atoms with Gasteiger partial charge < -0.3 is 10.5 Å². The second-order valence-corrected chi connectivity index (χ2v) is 4.47. The molecule has 0 fully saturated rings. The minimum absolute atomic E-state index is 0.00690. The van der Waals surface area contributed by atoms with Gasteiger partial charge in [0.25, 0.3) is 0 Å². The van der Waals surface area contributed by atoms with Crippen molar-refractivity contribution in [1.82, 2.24) is 0 Å². The van der Waals surface area contributed by atoms with Crippen molar-refractivity contribution < 1.29 is 13.5 Å². The van der Waals surface area contributed by atoms with E-state index in [9.17, 15) is 8.78 Å². The Balaban J connectivity index is 2.31. The number of benzene rings is 2. The molecule has 1 atom stereocenters. The van der Waals surface area contributed by atoms with Crippen LogP contribution in [-0.4, -0.2) is 0 Å². The molecule has 0 saturated heterocycles. The van der Waals surface area contributed by atoms with Crippen LogP contribution >= 0.6 is 0 Å². The van der Waals surface area contributed by atoms with E-state index in [4.69, 9.17) is 10.5 Å².